The molecule has 0 saturated carbocycles. The second-order valence-electron chi connectivity index (χ2n) is 5.57. The number of pyridine rings is 1. The number of carbonyl (C=O) groups is 3. The number of nitrogens with zero attached hydrogens (tertiary/aromatic N) is 2. The summed E-state index contributed by atoms with van der Waals surface area (Å²) in [5, 5.41) is 0.0778. The molecule has 1 aromatic rings. The first-order valence-electron chi connectivity index (χ1n) is 7.17. The zero-order chi connectivity index (χ0) is 17.1. The summed E-state index contributed by atoms with van der Waals surface area (Å²) in [6.45, 7) is 2.72. The van der Waals surface area contributed by atoms with Crippen LogP contribution in [-0.2, 0) is 9.53 Å². The van der Waals surface area contributed by atoms with E-state index in [0.29, 0.717) is 19.5 Å². The topological polar surface area (TPSA) is 103 Å². The fourth-order valence-corrected chi connectivity index (χ4v) is 2.96. The van der Waals surface area contributed by atoms with E-state index in [2.05, 4.69) is 4.98 Å². The quantitative estimate of drug-likeness (QED) is 0.831. The summed E-state index contributed by atoms with van der Waals surface area (Å²) in [4.78, 5) is 40.9. The monoisotopic (exact) mass is 339 g/mol. The molecule has 2 atom stereocenters. The Morgan fingerprint density at radius 3 is 2.65 bits per heavy atom. The van der Waals surface area contributed by atoms with Crippen LogP contribution in [0.1, 0.15) is 34.2 Å². The van der Waals surface area contributed by atoms with E-state index in [1.54, 1.807) is 4.90 Å². The third-order valence-corrected chi connectivity index (χ3v) is 4.31. The molecular weight excluding hydrogens is 322 g/mol. The highest BCUT2D eigenvalue weighted by Gasteiger charge is 2.34. The van der Waals surface area contributed by atoms with Crippen LogP contribution < -0.4 is 5.73 Å². The number of amides is 2. The third kappa shape index (κ3) is 3.61. The van der Waals surface area contributed by atoms with Gasteiger partial charge in [0.2, 0.25) is 5.91 Å². The molecule has 2 heterocycles. The van der Waals surface area contributed by atoms with Crippen molar-refractivity contribution >= 4 is 29.4 Å². The van der Waals surface area contributed by atoms with Gasteiger partial charge in [-0.2, -0.15) is 0 Å². The van der Waals surface area contributed by atoms with Crippen molar-refractivity contribution in [2.75, 3.05) is 20.2 Å². The molecule has 0 spiro atoms. The maximum Gasteiger partial charge on any atom is 0.309 e. The normalized spacial score (nSPS) is 20.9. The Labute approximate surface area is 138 Å². The van der Waals surface area contributed by atoms with Gasteiger partial charge < -0.3 is 15.4 Å². The highest BCUT2D eigenvalue weighted by atomic mass is 35.5. The number of methoxy groups -OCH3 is 1. The van der Waals surface area contributed by atoms with Gasteiger partial charge in [-0.05, 0) is 18.4 Å². The average molecular weight is 340 g/mol. The van der Waals surface area contributed by atoms with Crippen molar-refractivity contribution in [2.45, 2.75) is 13.3 Å². The van der Waals surface area contributed by atoms with E-state index in [4.69, 9.17) is 22.1 Å². The van der Waals surface area contributed by atoms with Crippen LogP contribution in [0.25, 0.3) is 0 Å². The fraction of sp³-hybridized carbons (Fsp3) is 0.467. The highest BCUT2D eigenvalue weighted by molar-refractivity contribution is 6.33. The Morgan fingerprint density at radius 2 is 2.13 bits per heavy atom. The predicted octanol–water partition coefficient (Wildman–Crippen LogP) is 1.11. The number of likely N-dealkylation sites (tertiary alicyclic amines) is 1. The highest BCUT2D eigenvalue weighted by Crippen LogP contribution is 2.26. The smallest absolute Gasteiger partial charge is 0.309 e. The van der Waals surface area contributed by atoms with Crippen LogP contribution in [0, 0.1) is 11.8 Å². The number of esters is 1. The molecule has 0 aromatic carbocycles. The summed E-state index contributed by atoms with van der Waals surface area (Å²) in [6.07, 6.45) is 1.75. The van der Waals surface area contributed by atoms with Crippen LogP contribution in [0.5, 0.6) is 0 Å². The molecule has 2 rings (SSSR count). The lowest BCUT2D eigenvalue weighted by molar-refractivity contribution is -0.148. The van der Waals surface area contributed by atoms with Crippen molar-refractivity contribution in [2.24, 2.45) is 17.6 Å². The standard InChI is InChI=1S/C15H18ClN3O4/c1-8-7-19(4-3-10(8)15(22)23-2)14(21)12-11(16)5-9(6-18-12)13(17)20/h5-6,8,10H,3-4,7H2,1-2H3,(H2,17,20)/t8-,10-/m0/s1. The van der Waals surface area contributed by atoms with Crippen LogP contribution in [0.15, 0.2) is 12.3 Å². The zero-order valence-electron chi connectivity index (χ0n) is 12.9. The van der Waals surface area contributed by atoms with E-state index in [1.807, 2.05) is 6.92 Å². The Kier molecular flexibility index (Phi) is 5.20. The molecule has 1 aromatic heterocycles. The van der Waals surface area contributed by atoms with Crippen molar-refractivity contribution in [3.63, 3.8) is 0 Å². The van der Waals surface area contributed by atoms with Crippen molar-refractivity contribution in [3.8, 4) is 0 Å². The molecule has 1 saturated heterocycles. The molecule has 2 amide bonds. The van der Waals surface area contributed by atoms with Gasteiger partial charge in [-0.25, -0.2) is 4.98 Å². The van der Waals surface area contributed by atoms with Gasteiger partial charge in [0, 0.05) is 19.3 Å². The molecule has 2 N–H and O–H groups in total. The molecule has 0 unspecified atom stereocenters. The first kappa shape index (κ1) is 17.2. The largest absolute Gasteiger partial charge is 0.469 e. The van der Waals surface area contributed by atoms with E-state index in [9.17, 15) is 14.4 Å². The number of halogens is 1. The van der Waals surface area contributed by atoms with E-state index in [1.165, 1.54) is 19.4 Å². The van der Waals surface area contributed by atoms with Crippen LogP contribution in [0.3, 0.4) is 0 Å². The van der Waals surface area contributed by atoms with E-state index < -0.39 is 5.91 Å². The summed E-state index contributed by atoms with van der Waals surface area (Å²) in [7, 11) is 1.36. The second kappa shape index (κ2) is 6.95. The Bertz CT molecular complexity index is 650. The second-order valence-corrected chi connectivity index (χ2v) is 5.97. The zero-order valence-corrected chi connectivity index (χ0v) is 13.7. The van der Waals surface area contributed by atoms with Gasteiger partial charge in [0.1, 0.15) is 5.69 Å². The Balaban J connectivity index is 2.13. The number of primary amides is 1. The third-order valence-electron chi connectivity index (χ3n) is 4.02. The lowest BCUT2D eigenvalue weighted by Crippen LogP contribution is -2.45. The van der Waals surface area contributed by atoms with Crippen LogP contribution >= 0.6 is 11.6 Å². The van der Waals surface area contributed by atoms with Gasteiger partial charge in [0.05, 0.1) is 23.6 Å². The van der Waals surface area contributed by atoms with Crippen molar-refractivity contribution in [3.05, 3.63) is 28.5 Å². The van der Waals surface area contributed by atoms with E-state index >= 15 is 0 Å². The Hall–Kier alpha value is -2.15. The number of hydrogen-bond acceptors (Lipinski definition) is 5. The summed E-state index contributed by atoms with van der Waals surface area (Å²) < 4.78 is 4.78. The lowest BCUT2D eigenvalue weighted by atomic mass is 9.87. The van der Waals surface area contributed by atoms with Gasteiger partial charge in [0.25, 0.3) is 5.91 Å². The molecule has 23 heavy (non-hydrogen) atoms. The van der Waals surface area contributed by atoms with Gasteiger partial charge in [0.15, 0.2) is 0 Å². The molecule has 1 fully saturated rings. The molecule has 1 aliphatic heterocycles. The van der Waals surface area contributed by atoms with Crippen molar-refractivity contribution < 1.29 is 19.1 Å². The molecule has 0 bridgehead atoms. The summed E-state index contributed by atoms with van der Waals surface area (Å²) >= 11 is 6.03. The Morgan fingerprint density at radius 1 is 1.43 bits per heavy atom. The number of piperidine rings is 1. The van der Waals surface area contributed by atoms with Crippen molar-refractivity contribution in [1.82, 2.24) is 9.88 Å². The average Bonchev–Trinajstić information content (AvgIpc) is 2.53. The van der Waals surface area contributed by atoms with Gasteiger partial charge in [-0.3, -0.25) is 14.4 Å². The number of aromatic nitrogens is 1. The molecule has 0 radical (unpaired) electrons. The lowest BCUT2D eigenvalue weighted by Gasteiger charge is -2.35. The number of ether oxygens (including phenoxy) is 1. The molecular formula is C15H18ClN3O4. The van der Waals surface area contributed by atoms with Gasteiger partial charge in [-0.1, -0.05) is 18.5 Å². The van der Waals surface area contributed by atoms with Gasteiger partial charge >= 0.3 is 5.97 Å². The number of nitrogens with two attached hydrogens (primary N) is 1. The summed E-state index contributed by atoms with van der Waals surface area (Å²) in [5.74, 6) is -1.49. The maximum atomic E-state index is 12.5. The van der Waals surface area contributed by atoms with Crippen LogP contribution in [-0.4, -0.2) is 47.9 Å². The van der Waals surface area contributed by atoms with Crippen LogP contribution in [0.2, 0.25) is 5.02 Å². The maximum absolute atomic E-state index is 12.5. The first-order valence-corrected chi connectivity index (χ1v) is 7.55. The minimum atomic E-state index is -0.661. The molecule has 8 heteroatoms. The number of rotatable bonds is 3. The summed E-state index contributed by atoms with van der Waals surface area (Å²) in [6, 6.07) is 1.33. The van der Waals surface area contributed by atoms with Gasteiger partial charge in [-0.15, -0.1) is 0 Å². The number of carbonyl (C=O) groups excluding carboxylic acids is 3. The van der Waals surface area contributed by atoms with E-state index in [0.717, 1.165) is 0 Å². The first-order chi connectivity index (χ1) is 10.8. The number of hydrogen-bond donors (Lipinski definition) is 1. The minimum Gasteiger partial charge on any atom is -0.469 e. The van der Waals surface area contributed by atoms with E-state index in [-0.39, 0.29) is 40.0 Å². The molecule has 1 aliphatic rings. The fourth-order valence-electron chi connectivity index (χ4n) is 2.71. The predicted molar refractivity (Wildman–Crippen MR) is 83.0 cm³/mol. The van der Waals surface area contributed by atoms with Crippen molar-refractivity contribution in [1.29, 1.82) is 0 Å². The summed E-state index contributed by atoms with van der Waals surface area (Å²) in [5.41, 5.74) is 5.36. The van der Waals surface area contributed by atoms with Crippen LogP contribution in [0.4, 0.5) is 0 Å². The SMILES string of the molecule is COC(=O)[C@H]1CCN(C(=O)c2ncc(C(N)=O)cc2Cl)C[C@@H]1C. The molecule has 0 aliphatic carbocycles. The minimum absolute atomic E-state index is 0.0242. The molecule has 7 nitrogen and oxygen atoms in total. The molecule has 124 valence electrons.